The van der Waals surface area contributed by atoms with Crippen LogP contribution in [0.15, 0.2) is 72.9 Å². The summed E-state index contributed by atoms with van der Waals surface area (Å²) < 4.78 is 35.8. The first kappa shape index (κ1) is 23.1. The van der Waals surface area contributed by atoms with Crippen molar-refractivity contribution < 1.29 is 18.3 Å². The zero-order chi connectivity index (χ0) is 24.5. The van der Waals surface area contributed by atoms with Gasteiger partial charge in [0.25, 0.3) is 0 Å². The van der Waals surface area contributed by atoms with E-state index >= 15 is 0 Å². The fourth-order valence-electron chi connectivity index (χ4n) is 4.01. The minimum atomic E-state index is -0.854. The molecule has 0 spiro atoms. The molecule has 35 heavy (non-hydrogen) atoms. The van der Waals surface area contributed by atoms with E-state index in [0.717, 1.165) is 24.6 Å². The van der Waals surface area contributed by atoms with Gasteiger partial charge < -0.3 is 4.74 Å². The molecule has 4 aromatic rings. The molecule has 0 radical (unpaired) electrons. The molecule has 0 bridgehead atoms. The van der Waals surface area contributed by atoms with Crippen molar-refractivity contribution in [1.29, 1.82) is 0 Å². The third-order valence-electron chi connectivity index (χ3n) is 6.04. The quantitative estimate of drug-likeness (QED) is 0.300. The van der Waals surface area contributed by atoms with Crippen LogP contribution in [0.25, 0.3) is 16.8 Å². The smallest absolute Gasteiger partial charge is 0.413 e. The summed E-state index contributed by atoms with van der Waals surface area (Å²) in [5, 5.41) is 6.90. The van der Waals surface area contributed by atoms with Gasteiger partial charge in [-0.1, -0.05) is 54.1 Å². The van der Waals surface area contributed by atoms with Gasteiger partial charge in [-0.25, -0.2) is 18.3 Å². The number of carbonyl (C=O) groups excluding carboxylic acids is 1. The van der Waals surface area contributed by atoms with Gasteiger partial charge in [-0.3, -0.25) is 5.32 Å². The first-order valence-corrected chi connectivity index (χ1v) is 11.6. The Kier molecular flexibility index (Phi) is 6.26. The average molecular weight is 494 g/mol. The highest BCUT2D eigenvalue weighted by molar-refractivity contribution is 6.31. The van der Waals surface area contributed by atoms with Crippen molar-refractivity contribution in [3.05, 3.63) is 101 Å². The maximum absolute atomic E-state index is 14.7. The fourth-order valence-corrected chi connectivity index (χ4v) is 4.30. The average Bonchev–Trinajstić information content (AvgIpc) is 3.64. The number of nitrogens with one attached hydrogen (secondary N) is 1. The van der Waals surface area contributed by atoms with Crippen LogP contribution in [0.1, 0.15) is 42.9 Å². The molecule has 1 N–H and O–H groups in total. The molecule has 178 valence electrons. The molecule has 1 fully saturated rings. The fraction of sp³-hybridized carbons (Fsp3) is 0.185. The van der Waals surface area contributed by atoms with E-state index in [1.807, 2.05) is 6.07 Å². The first-order valence-electron chi connectivity index (χ1n) is 11.3. The van der Waals surface area contributed by atoms with Crippen LogP contribution in [0, 0.1) is 11.6 Å². The summed E-state index contributed by atoms with van der Waals surface area (Å²) in [6, 6.07) is 19.2. The molecular weight excluding hydrogens is 472 g/mol. The Morgan fingerprint density at radius 2 is 1.83 bits per heavy atom. The Morgan fingerprint density at radius 1 is 1.09 bits per heavy atom. The number of anilines is 1. The number of hydrogen-bond donors (Lipinski definition) is 1. The highest BCUT2D eigenvalue weighted by Crippen LogP contribution is 2.41. The Morgan fingerprint density at radius 3 is 2.51 bits per heavy atom. The van der Waals surface area contributed by atoms with Gasteiger partial charge in [0.05, 0.1) is 11.9 Å². The lowest BCUT2D eigenvalue weighted by Crippen LogP contribution is -2.19. The molecule has 1 unspecified atom stereocenters. The number of amides is 1. The van der Waals surface area contributed by atoms with Crippen LogP contribution in [0.3, 0.4) is 0 Å². The molecule has 1 amide bonds. The summed E-state index contributed by atoms with van der Waals surface area (Å²) in [5.41, 5.74) is 3.32. The Bertz CT molecular complexity index is 1380. The molecule has 1 atom stereocenters. The topological polar surface area (TPSA) is 56.1 Å². The van der Waals surface area contributed by atoms with Crippen molar-refractivity contribution >= 4 is 23.5 Å². The van der Waals surface area contributed by atoms with Crippen LogP contribution < -0.4 is 5.32 Å². The molecule has 1 heterocycles. The van der Waals surface area contributed by atoms with Gasteiger partial charge >= 0.3 is 6.09 Å². The number of aromatic nitrogens is 2. The molecule has 1 aliphatic carbocycles. The van der Waals surface area contributed by atoms with Gasteiger partial charge in [-0.15, -0.1) is 0 Å². The lowest BCUT2D eigenvalue weighted by atomic mass is 10.0. The summed E-state index contributed by atoms with van der Waals surface area (Å²) in [6.07, 6.45) is 1.71. The summed E-state index contributed by atoms with van der Waals surface area (Å²) >= 11 is 6.16. The molecule has 1 aromatic heterocycles. The standard InChI is InChI=1S/C27H22ClF2N3O2/c1-16(21-4-2-3-5-23(21)28)35-27(34)32-26-25(30)15-31-33(26)20-11-8-18(9-12-20)22-13-10-19(14-24(22)29)17-6-7-17/h2-5,8-17H,6-7H2,1H3,(H,32,34). The van der Waals surface area contributed by atoms with E-state index in [2.05, 4.69) is 10.4 Å². The lowest BCUT2D eigenvalue weighted by Gasteiger charge is -2.16. The van der Waals surface area contributed by atoms with Crippen molar-refractivity contribution in [3.63, 3.8) is 0 Å². The Balaban J connectivity index is 1.33. The Labute approximate surface area is 206 Å². The maximum atomic E-state index is 14.7. The van der Waals surface area contributed by atoms with E-state index in [-0.39, 0.29) is 11.6 Å². The number of halogens is 3. The predicted molar refractivity (Wildman–Crippen MR) is 131 cm³/mol. The van der Waals surface area contributed by atoms with Crippen molar-refractivity contribution in [2.75, 3.05) is 5.32 Å². The highest BCUT2D eigenvalue weighted by Gasteiger charge is 2.24. The van der Waals surface area contributed by atoms with Crippen molar-refractivity contribution in [2.24, 2.45) is 0 Å². The molecule has 5 nitrogen and oxygen atoms in total. The number of benzene rings is 3. The third kappa shape index (κ3) is 4.91. The number of nitrogens with zero attached hydrogens (tertiary/aromatic N) is 2. The monoisotopic (exact) mass is 493 g/mol. The van der Waals surface area contributed by atoms with E-state index in [0.29, 0.717) is 33.3 Å². The molecule has 1 aliphatic rings. The van der Waals surface area contributed by atoms with E-state index in [1.54, 1.807) is 67.6 Å². The Hall–Kier alpha value is -3.71. The largest absolute Gasteiger partial charge is 0.441 e. The second-order valence-electron chi connectivity index (χ2n) is 8.51. The summed E-state index contributed by atoms with van der Waals surface area (Å²) in [7, 11) is 0. The van der Waals surface area contributed by atoms with Gasteiger partial charge in [0.1, 0.15) is 11.9 Å². The lowest BCUT2D eigenvalue weighted by molar-refractivity contribution is 0.121. The summed E-state index contributed by atoms with van der Waals surface area (Å²) in [5.74, 6) is -0.696. The van der Waals surface area contributed by atoms with Gasteiger partial charge in [0.2, 0.25) is 0 Å². The van der Waals surface area contributed by atoms with Gasteiger partial charge in [-0.2, -0.15) is 5.10 Å². The van der Waals surface area contributed by atoms with Gasteiger partial charge in [0.15, 0.2) is 11.6 Å². The molecule has 1 saturated carbocycles. The second kappa shape index (κ2) is 9.50. The molecular formula is C27H22ClF2N3O2. The third-order valence-corrected chi connectivity index (χ3v) is 6.38. The van der Waals surface area contributed by atoms with E-state index in [1.165, 1.54) is 4.68 Å². The van der Waals surface area contributed by atoms with E-state index < -0.39 is 18.0 Å². The number of hydrogen-bond acceptors (Lipinski definition) is 3. The minimum Gasteiger partial charge on any atom is -0.441 e. The van der Waals surface area contributed by atoms with E-state index in [9.17, 15) is 13.6 Å². The zero-order valence-corrected chi connectivity index (χ0v) is 19.6. The number of carbonyl (C=O) groups is 1. The second-order valence-corrected chi connectivity index (χ2v) is 8.91. The van der Waals surface area contributed by atoms with Crippen LogP contribution in [-0.2, 0) is 4.74 Å². The van der Waals surface area contributed by atoms with Gasteiger partial charge in [0, 0.05) is 16.1 Å². The van der Waals surface area contributed by atoms with Crippen molar-refractivity contribution in [3.8, 4) is 16.8 Å². The van der Waals surface area contributed by atoms with Crippen LogP contribution in [0.5, 0.6) is 0 Å². The molecule has 8 heteroatoms. The van der Waals surface area contributed by atoms with Gasteiger partial charge in [-0.05, 0) is 61.1 Å². The number of rotatable bonds is 6. The first-order chi connectivity index (χ1) is 16.9. The van der Waals surface area contributed by atoms with Crippen molar-refractivity contribution in [2.45, 2.75) is 31.8 Å². The maximum Gasteiger partial charge on any atom is 0.413 e. The highest BCUT2D eigenvalue weighted by atomic mass is 35.5. The molecule has 3 aromatic carbocycles. The summed E-state index contributed by atoms with van der Waals surface area (Å²) in [4.78, 5) is 12.5. The van der Waals surface area contributed by atoms with Crippen LogP contribution >= 0.6 is 11.6 Å². The van der Waals surface area contributed by atoms with Crippen LogP contribution in [0.2, 0.25) is 5.02 Å². The molecule has 5 rings (SSSR count). The van der Waals surface area contributed by atoms with Crippen molar-refractivity contribution in [1.82, 2.24) is 9.78 Å². The summed E-state index contributed by atoms with van der Waals surface area (Å²) in [6.45, 7) is 1.67. The minimum absolute atomic E-state index is 0.172. The van der Waals surface area contributed by atoms with Crippen LogP contribution in [0.4, 0.5) is 19.4 Å². The van der Waals surface area contributed by atoms with Crippen LogP contribution in [-0.4, -0.2) is 15.9 Å². The predicted octanol–water partition coefficient (Wildman–Crippen LogP) is 7.66. The zero-order valence-electron chi connectivity index (χ0n) is 18.8. The molecule has 0 saturated heterocycles. The SMILES string of the molecule is CC(OC(=O)Nc1c(F)cnn1-c1ccc(-c2ccc(C3CC3)cc2F)cc1)c1ccccc1Cl. The normalized spacial score (nSPS) is 13.9. The molecule has 0 aliphatic heterocycles. The number of ether oxygens (including phenoxy) is 1. The van der Waals surface area contributed by atoms with E-state index in [4.69, 9.17) is 16.3 Å².